The molecule has 1 atom stereocenters. The van der Waals surface area contributed by atoms with Crippen LogP contribution in [-0.2, 0) is 17.0 Å². The Morgan fingerprint density at radius 1 is 1.26 bits per heavy atom. The van der Waals surface area contributed by atoms with Crippen LogP contribution in [0.5, 0.6) is 0 Å². The van der Waals surface area contributed by atoms with Gasteiger partial charge in [-0.05, 0) is 55.5 Å². The number of aromatic nitrogens is 3. The van der Waals surface area contributed by atoms with E-state index in [4.69, 9.17) is 9.15 Å². The summed E-state index contributed by atoms with van der Waals surface area (Å²) in [5, 5.41) is 8.16. The molecule has 142 valence electrons. The van der Waals surface area contributed by atoms with Crippen molar-refractivity contribution in [3.05, 3.63) is 55.8 Å². The molecule has 0 spiro atoms. The molecule has 3 heterocycles. The SMILES string of the molecule is Cc1cc2oc(=O)cc(CSc3n[nH]c(=O)n3C[C@H]3CCCO3)c2cc1C. The van der Waals surface area contributed by atoms with E-state index in [-0.39, 0.29) is 17.4 Å². The Balaban J connectivity index is 1.62. The minimum absolute atomic E-state index is 0.0508. The molecule has 4 rings (SSSR count). The highest BCUT2D eigenvalue weighted by Crippen LogP contribution is 2.27. The molecule has 1 saturated heterocycles. The van der Waals surface area contributed by atoms with Crippen molar-refractivity contribution in [2.75, 3.05) is 6.61 Å². The Bertz CT molecular complexity index is 1090. The van der Waals surface area contributed by atoms with Gasteiger partial charge in [-0.3, -0.25) is 4.57 Å². The summed E-state index contributed by atoms with van der Waals surface area (Å²) < 4.78 is 12.6. The molecule has 8 heteroatoms. The number of hydrogen-bond donors (Lipinski definition) is 1. The number of aryl methyl sites for hydroxylation is 2. The number of rotatable bonds is 5. The van der Waals surface area contributed by atoms with Gasteiger partial charge in [-0.1, -0.05) is 11.8 Å². The first-order valence-corrected chi connectivity index (χ1v) is 9.93. The molecular weight excluding hydrogens is 366 g/mol. The Labute approximate surface area is 159 Å². The van der Waals surface area contributed by atoms with E-state index in [9.17, 15) is 9.59 Å². The number of ether oxygens (including phenoxy) is 1. The fourth-order valence-electron chi connectivity index (χ4n) is 3.31. The predicted octanol–water partition coefficient (Wildman–Crippen LogP) is 2.77. The van der Waals surface area contributed by atoms with E-state index in [2.05, 4.69) is 10.2 Å². The average molecular weight is 387 g/mol. The zero-order valence-electron chi connectivity index (χ0n) is 15.3. The minimum Gasteiger partial charge on any atom is -0.423 e. The summed E-state index contributed by atoms with van der Waals surface area (Å²) in [7, 11) is 0. The Morgan fingerprint density at radius 2 is 2.07 bits per heavy atom. The van der Waals surface area contributed by atoms with Gasteiger partial charge < -0.3 is 9.15 Å². The molecule has 1 aliphatic rings. The van der Waals surface area contributed by atoms with Crippen molar-refractivity contribution in [3.8, 4) is 0 Å². The molecule has 1 aromatic carbocycles. The third kappa shape index (κ3) is 3.72. The summed E-state index contributed by atoms with van der Waals surface area (Å²) in [4.78, 5) is 24.0. The molecule has 0 bridgehead atoms. The van der Waals surface area contributed by atoms with Gasteiger partial charge in [-0.2, -0.15) is 0 Å². The lowest BCUT2D eigenvalue weighted by Crippen LogP contribution is -2.24. The zero-order valence-corrected chi connectivity index (χ0v) is 16.1. The second-order valence-electron chi connectivity index (χ2n) is 6.87. The van der Waals surface area contributed by atoms with E-state index in [1.807, 2.05) is 26.0 Å². The van der Waals surface area contributed by atoms with Crippen molar-refractivity contribution < 1.29 is 9.15 Å². The second-order valence-corrected chi connectivity index (χ2v) is 7.81. The molecule has 0 radical (unpaired) electrons. The van der Waals surface area contributed by atoms with Crippen LogP contribution in [0.2, 0.25) is 0 Å². The van der Waals surface area contributed by atoms with E-state index < -0.39 is 0 Å². The number of nitrogens with one attached hydrogen (secondary N) is 1. The molecule has 0 aliphatic carbocycles. The largest absolute Gasteiger partial charge is 0.423 e. The number of fused-ring (bicyclic) bond motifs is 1. The summed E-state index contributed by atoms with van der Waals surface area (Å²) in [6.07, 6.45) is 2.02. The van der Waals surface area contributed by atoms with Gasteiger partial charge >= 0.3 is 11.3 Å². The second kappa shape index (κ2) is 7.36. The maximum atomic E-state index is 12.1. The molecule has 1 fully saturated rings. The van der Waals surface area contributed by atoms with E-state index in [1.54, 1.807) is 4.57 Å². The van der Waals surface area contributed by atoms with Gasteiger partial charge in [0.15, 0.2) is 5.16 Å². The van der Waals surface area contributed by atoms with Gasteiger partial charge in [0.1, 0.15) is 5.58 Å². The van der Waals surface area contributed by atoms with Crippen molar-refractivity contribution >= 4 is 22.7 Å². The minimum atomic E-state index is -0.375. The number of nitrogens with zero attached hydrogens (tertiary/aromatic N) is 2. The fraction of sp³-hybridized carbons (Fsp3) is 0.421. The highest BCUT2D eigenvalue weighted by Gasteiger charge is 2.20. The Hall–Kier alpha value is -2.32. The predicted molar refractivity (Wildman–Crippen MR) is 103 cm³/mol. The van der Waals surface area contributed by atoms with Crippen molar-refractivity contribution in [2.45, 2.75) is 50.2 Å². The van der Waals surface area contributed by atoms with E-state index in [0.29, 0.717) is 23.0 Å². The number of H-pyrrole nitrogens is 1. The van der Waals surface area contributed by atoms with Gasteiger partial charge in [-0.15, -0.1) is 5.10 Å². The maximum absolute atomic E-state index is 12.1. The summed E-state index contributed by atoms with van der Waals surface area (Å²) in [5.41, 5.74) is 3.05. The molecule has 1 N–H and O–H groups in total. The standard InChI is InChI=1S/C19H21N3O4S/c1-11-6-15-13(8-17(23)26-16(15)7-12(11)2)10-27-19-21-20-18(24)22(19)9-14-4-3-5-25-14/h6-8,14H,3-5,9-10H2,1-2H3,(H,20,24)/t14-/m1/s1. The first kappa shape index (κ1) is 18.1. The van der Waals surface area contributed by atoms with Crippen molar-refractivity contribution in [1.82, 2.24) is 14.8 Å². The number of thioether (sulfide) groups is 1. The molecule has 0 unspecified atom stereocenters. The quantitative estimate of drug-likeness (QED) is 0.535. The van der Waals surface area contributed by atoms with Crippen molar-refractivity contribution in [2.24, 2.45) is 0 Å². The number of hydrogen-bond acceptors (Lipinski definition) is 6. The molecule has 0 saturated carbocycles. The monoisotopic (exact) mass is 387 g/mol. The van der Waals surface area contributed by atoms with Crippen LogP contribution in [0.15, 0.2) is 37.4 Å². The molecule has 0 amide bonds. The molecule has 27 heavy (non-hydrogen) atoms. The van der Waals surface area contributed by atoms with Gasteiger partial charge in [-0.25, -0.2) is 14.7 Å². The van der Waals surface area contributed by atoms with Gasteiger partial charge in [0.05, 0.1) is 12.6 Å². The summed E-state index contributed by atoms with van der Waals surface area (Å²) in [6.45, 7) is 5.26. The van der Waals surface area contributed by atoms with Crippen molar-refractivity contribution in [3.63, 3.8) is 0 Å². The normalized spacial score (nSPS) is 17.0. The highest BCUT2D eigenvalue weighted by atomic mass is 32.2. The van der Waals surface area contributed by atoms with Crippen molar-refractivity contribution in [1.29, 1.82) is 0 Å². The Kier molecular flexibility index (Phi) is 4.92. The van der Waals surface area contributed by atoms with E-state index >= 15 is 0 Å². The maximum Gasteiger partial charge on any atom is 0.344 e. The fourth-order valence-corrected chi connectivity index (χ4v) is 4.26. The lowest BCUT2D eigenvalue weighted by atomic mass is 10.0. The van der Waals surface area contributed by atoms with Gasteiger partial charge in [0.25, 0.3) is 0 Å². The lowest BCUT2D eigenvalue weighted by Gasteiger charge is -2.11. The van der Waals surface area contributed by atoms with E-state index in [0.717, 1.165) is 41.5 Å². The number of aromatic amines is 1. The van der Waals surface area contributed by atoms with Crippen LogP contribution in [0.4, 0.5) is 0 Å². The van der Waals surface area contributed by atoms with Gasteiger partial charge in [0, 0.05) is 23.8 Å². The molecule has 2 aromatic heterocycles. The van der Waals surface area contributed by atoms with Gasteiger partial charge in [0.2, 0.25) is 0 Å². The van der Waals surface area contributed by atoms with Crippen LogP contribution in [0.25, 0.3) is 11.0 Å². The van der Waals surface area contributed by atoms with E-state index in [1.165, 1.54) is 17.8 Å². The zero-order chi connectivity index (χ0) is 19.0. The molecule has 7 nitrogen and oxygen atoms in total. The summed E-state index contributed by atoms with van der Waals surface area (Å²) >= 11 is 1.42. The number of benzene rings is 1. The average Bonchev–Trinajstić information content (AvgIpc) is 3.26. The molecule has 1 aliphatic heterocycles. The van der Waals surface area contributed by atoms with Crippen LogP contribution < -0.4 is 11.3 Å². The van der Waals surface area contributed by atoms with Crippen LogP contribution in [0.1, 0.15) is 29.5 Å². The van der Waals surface area contributed by atoms with Crippen LogP contribution in [-0.4, -0.2) is 27.5 Å². The van der Waals surface area contributed by atoms with Crippen LogP contribution in [0.3, 0.4) is 0 Å². The smallest absolute Gasteiger partial charge is 0.344 e. The highest BCUT2D eigenvalue weighted by molar-refractivity contribution is 7.98. The van der Waals surface area contributed by atoms with Crippen LogP contribution in [0, 0.1) is 13.8 Å². The third-order valence-corrected chi connectivity index (χ3v) is 5.96. The topological polar surface area (TPSA) is 90.1 Å². The summed E-state index contributed by atoms with van der Waals surface area (Å²) in [6, 6.07) is 5.44. The molecular formula is C19H21N3O4S. The first-order valence-electron chi connectivity index (χ1n) is 8.95. The third-order valence-electron chi connectivity index (χ3n) is 4.93. The summed E-state index contributed by atoms with van der Waals surface area (Å²) in [5.74, 6) is 0.514. The molecule has 3 aromatic rings. The van der Waals surface area contributed by atoms with Crippen LogP contribution >= 0.6 is 11.8 Å². The Morgan fingerprint density at radius 3 is 2.85 bits per heavy atom. The first-order chi connectivity index (χ1) is 13.0. The lowest BCUT2D eigenvalue weighted by molar-refractivity contribution is 0.0941.